The molecule has 0 saturated heterocycles. The number of aromatic nitrogens is 3. The van der Waals surface area contributed by atoms with Crippen molar-refractivity contribution in [2.24, 2.45) is 0 Å². The van der Waals surface area contributed by atoms with Gasteiger partial charge in [-0.2, -0.15) is 18.3 Å². The highest BCUT2D eigenvalue weighted by molar-refractivity contribution is 9.10. The number of nitrogens with zero attached hydrogens (tertiary/aromatic N) is 3. The van der Waals surface area contributed by atoms with Crippen molar-refractivity contribution in [2.45, 2.75) is 38.3 Å². The molecule has 0 saturated carbocycles. The summed E-state index contributed by atoms with van der Waals surface area (Å²) in [6, 6.07) is 9.32. The zero-order chi connectivity index (χ0) is 26.3. The summed E-state index contributed by atoms with van der Waals surface area (Å²) < 4.78 is 47.6. The van der Waals surface area contributed by atoms with E-state index in [9.17, 15) is 22.8 Å². The number of hydrogen-bond donors (Lipinski definition) is 1. The number of rotatable bonds is 4. The van der Waals surface area contributed by atoms with E-state index in [-0.39, 0.29) is 27.1 Å². The summed E-state index contributed by atoms with van der Waals surface area (Å²) in [6.07, 6.45) is -0.376. The Balaban J connectivity index is 1.59. The molecule has 1 aliphatic carbocycles. The number of hydrogen-bond acceptors (Lipinski definition) is 6. The second-order valence-electron chi connectivity index (χ2n) is 8.50. The van der Waals surface area contributed by atoms with Crippen LogP contribution < -0.4 is 5.32 Å². The lowest BCUT2D eigenvalue weighted by Gasteiger charge is -2.11. The first kappa shape index (κ1) is 25.4. The van der Waals surface area contributed by atoms with E-state index in [1.165, 1.54) is 18.4 Å². The van der Waals surface area contributed by atoms with Gasteiger partial charge in [-0.05, 0) is 53.2 Å². The van der Waals surface area contributed by atoms with E-state index in [1.54, 1.807) is 30.3 Å². The minimum Gasteiger partial charge on any atom is -0.465 e. The largest absolute Gasteiger partial charge is 0.465 e. The quantitative estimate of drug-likeness (QED) is 0.214. The highest BCUT2D eigenvalue weighted by Crippen LogP contribution is 2.39. The van der Waals surface area contributed by atoms with Gasteiger partial charge in [-0.25, -0.2) is 14.3 Å². The number of carbonyl (C=O) groups is 2. The maximum Gasteiger partial charge on any atom is 0.433 e. The first-order valence-electron chi connectivity index (χ1n) is 11.4. The Labute approximate surface area is 221 Å². The van der Waals surface area contributed by atoms with Crippen molar-refractivity contribution in [1.82, 2.24) is 14.6 Å². The fourth-order valence-corrected chi connectivity index (χ4v) is 6.19. The van der Waals surface area contributed by atoms with Crippen LogP contribution in [0.5, 0.6) is 0 Å². The van der Waals surface area contributed by atoms with Crippen molar-refractivity contribution >= 4 is 49.8 Å². The molecule has 0 unspecified atom stereocenters. The molecule has 3 aromatic heterocycles. The smallest absolute Gasteiger partial charge is 0.433 e. The molecule has 192 valence electrons. The summed E-state index contributed by atoms with van der Waals surface area (Å²) >= 11 is 4.52. The Morgan fingerprint density at radius 2 is 1.86 bits per heavy atom. The molecule has 37 heavy (non-hydrogen) atoms. The van der Waals surface area contributed by atoms with E-state index in [2.05, 4.69) is 31.3 Å². The molecular weight excluding hydrogens is 573 g/mol. The van der Waals surface area contributed by atoms with Crippen molar-refractivity contribution in [3.05, 3.63) is 68.3 Å². The molecule has 0 fully saturated rings. The lowest BCUT2D eigenvalue weighted by atomic mass is 10.1. The number of fused-ring (bicyclic) bond motifs is 2. The van der Waals surface area contributed by atoms with E-state index in [4.69, 9.17) is 4.74 Å². The molecule has 1 amide bonds. The van der Waals surface area contributed by atoms with Gasteiger partial charge in [-0.15, -0.1) is 11.3 Å². The number of benzene rings is 1. The highest BCUT2D eigenvalue weighted by atomic mass is 79.9. The van der Waals surface area contributed by atoms with Gasteiger partial charge in [0.15, 0.2) is 17.0 Å². The van der Waals surface area contributed by atoms with E-state index < -0.39 is 23.7 Å². The van der Waals surface area contributed by atoms with Crippen molar-refractivity contribution in [3.8, 4) is 11.3 Å². The normalized spacial score (nSPS) is 13.8. The molecular formula is C25H20BrF3N4O3S. The van der Waals surface area contributed by atoms with Gasteiger partial charge in [-0.1, -0.05) is 36.8 Å². The zero-order valence-electron chi connectivity index (χ0n) is 19.5. The minimum absolute atomic E-state index is 0.00557. The second kappa shape index (κ2) is 9.90. The molecule has 1 aliphatic rings. The molecule has 12 heteroatoms. The molecule has 4 aromatic rings. The molecule has 7 nitrogen and oxygen atoms in total. The number of amides is 1. The Hall–Kier alpha value is -3.25. The first-order valence-corrected chi connectivity index (χ1v) is 13.1. The number of ether oxygens (including phenoxy) is 1. The first-order chi connectivity index (χ1) is 17.7. The zero-order valence-corrected chi connectivity index (χ0v) is 21.9. The van der Waals surface area contributed by atoms with Crippen LogP contribution in [0.15, 0.2) is 40.9 Å². The predicted octanol–water partition coefficient (Wildman–Crippen LogP) is 6.55. The van der Waals surface area contributed by atoms with Crippen LogP contribution in [0.25, 0.3) is 16.9 Å². The number of aryl methyl sites for hydroxylation is 1. The maximum absolute atomic E-state index is 14.0. The fraction of sp³-hybridized carbons (Fsp3) is 0.280. The standard InChI is InChI=1S/C25H20BrF3N4O3S/c1-36-24(35)18-14-10-6-3-7-11-16(14)37-23(18)31-22(34)20-19(26)21-30-15(13-8-4-2-5-9-13)12-17(25(27,28)29)33(21)32-20/h2,4-5,8-9,12H,3,6-7,10-11H2,1H3,(H,31,34). The van der Waals surface area contributed by atoms with Gasteiger partial charge in [0.05, 0.1) is 22.8 Å². The number of methoxy groups -OCH3 is 1. The van der Waals surface area contributed by atoms with Crippen LogP contribution in [-0.4, -0.2) is 33.6 Å². The number of nitrogens with one attached hydrogen (secondary N) is 1. The Morgan fingerprint density at radius 1 is 1.14 bits per heavy atom. The maximum atomic E-state index is 14.0. The average molecular weight is 593 g/mol. The molecule has 1 N–H and O–H groups in total. The van der Waals surface area contributed by atoms with E-state index in [0.717, 1.165) is 42.2 Å². The Bertz CT molecular complexity index is 1520. The average Bonchev–Trinajstić information content (AvgIpc) is 3.29. The lowest BCUT2D eigenvalue weighted by molar-refractivity contribution is -0.142. The van der Waals surface area contributed by atoms with Crippen LogP contribution in [0.1, 0.15) is 56.2 Å². The molecule has 3 heterocycles. The van der Waals surface area contributed by atoms with Crippen LogP contribution in [0, 0.1) is 0 Å². The summed E-state index contributed by atoms with van der Waals surface area (Å²) in [5.41, 5.74) is 0.191. The van der Waals surface area contributed by atoms with Gasteiger partial charge in [0.1, 0.15) is 5.00 Å². The SMILES string of the molecule is COC(=O)c1c(NC(=O)c2nn3c(C(F)(F)F)cc(-c4ccccc4)nc3c2Br)sc2c1CCCCC2. The topological polar surface area (TPSA) is 85.6 Å². The number of halogens is 4. The number of alkyl halides is 3. The van der Waals surface area contributed by atoms with Crippen LogP contribution in [0.4, 0.5) is 18.2 Å². The lowest BCUT2D eigenvalue weighted by Crippen LogP contribution is -2.17. The van der Waals surface area contributed by atoms with Crippen molar-refractivity contribution in [2.75, 3.05) is 12.4 Å². The number of carbonyl (C=O) groups excluding carboxylic acids is 2. The highest BCUT2D eigenvalue weighted by Gasteiger charge is 2.37. The molecule has 0 spiro atoms. The Kier molecular flexibility index (Phi) is 6.80. The minimum atomic E-state index is -4.76. The van der Waals surface area contributed by atoms with E-state index in [0.29, 0.717) is 21.5 Å². The molecule has 0 atom stereocenters. The third-order valence-electron chi connectivity index (χ3n) is 6.15. The predicted molar refractivity (Wildman–Crippen MR) is 136 cm³/mol. The molecule has 0 radical (unpaired) electrons. The van der Waals surface area contributed by atoms with Gasteiger partial charge in [0.25, 0.3) is 5.91 Å². The van der Waals surface area contributed by atoms with Crippen LogP contribution in [0.2, 0.25) is 0 Å². The molecule has 0 aliphatic heterocycles. The number of esters is 1. The van der Waals surface area contributed by atoms with Gasteiger partial charge in [0.2, 0.25) is 0 Å². The van der Waals surface area contributed by atoms with Crippen LogP contribution in [-0.2, 0) is 23.8 Å². The summed E-state index contributed by atoms with van der Waals surface area (Å²) in [6.45, 7) is 0. The molecule has 5 rings (SSSR count). The van der Waals surface area contributed by atoms with E-state index in [1.807, 2.05) is 0 Å². The second-order valence-corrected chi connectivity index (χ2v) is 10.4. The van der Waals surface area contributed by atoms with Crippen LogP contribution in [0.3, 0.4) is 0 Å². The third kappa shape index (κ3) is 4.75. The van der Waals surface area contributed by atoms with Gasteiger partial charge < -0.3 is 10.1 Å². The summed E-state index contributed by atoms with van der Waals surface area (Å²) in [7, 11) is 1.27. The van der Waals surface area contributed by atoms with Crippen LogP contribution >= 0.6 is 27.3 Å². The monoisotopic (exact) mass is 592 g/mol. The summed E-state index contributed by atoms with van der Waals surface area (Å²) in [5.74, 6) is -1.34. The van der Waals surface area contributed by atoms with Gasteiger partial charge in [0, 0.05) is 10.4 Å². The molecule has 1 aromatic carbocycles. The summed E-state index contributed by atoms with van der Waals surface area (Å²) in [4.78, 5) is 31.2. The van der Waals surface area contributed by atoms with Crippen molar-refractivity contribution in [1.29, 1.82) is 0 Å². The molecule has 0 bridgehead atoms. The van der Waals surface area contributed by atoms with Crippen molar-refractivity contribution in [3.63, 3.8) is 0 Å². The van der Waals surface area contributed by atoms with E-state index >= 15 is 0 Å². The number of thiophene rings is 1. The van der Waals surface area contributed by atoms with Gasteiger partial charge in [-0.3, -0.25) is 4.79 Å². The number of anilines is 1. The van der Waals surface area contributed by atoms with Crippen molar-refractivity contribution < 1.29 is 27.5 Å². The Morgan fingerprint density at radius 3 is 2.57 bits per heavy atom. The summed E-state index contributed by atoms with van der Waals surface area (Å²) in [5, 5.41) is 6.95. The van der Waals surface area contributed by atoms with Gasteiger partial charge >= 0.3 is 12.1 Å². The fourth-order valence-electron chi connectivity index (χ4n) is 4.41. The third-order valence-corrected chi connectivity index (χ3v) is 8.08.